The number of hydrogen-bond donors (Lipinski definition) is 2. The molecule has 0 fully saturated rings. The SMILES string of the molecule is CC(C)(C)c1[nH]n2c(CCCOc3ccc(NS(=O)[O-])cc3)nnc2c1Cl. The van der Waals surface area contributed by atoms with Crippen molar-refractivity contribution in [3.05, 3.63) is 40.8 Å². The fourth-order valence-electron chi connectivity index (χ4n) is 2.64. The second kappa shape index (κ2) is 7.87. The van der Waals surface area contributed by atoms with Gasteiger partial charge < -0.3 is 14.0 Å². The Bertz CT molecular complexity index is 946. The minimum atomic E-state index is -2.33. The van der Waals surface area contributed by atoms with Gasteiger partial charge in [0, 0.05) is 28.8 Å². The highest BCUT2D eigenvalue weighted by molar-refractivity contribution is 7.80. The van der Waals surface area contributed by atoms with Gasteiger partial charge in [-0.25, -0.2) is 4.52 Å². The highest BCUT2D eigenvalue weighted by atomic mass is 35.5. The molecule has 0 aliphatic rings. The first kappa shape index (κ1) is 19.7. The molecular weight excluding hydrogens is 390 g/mol. The molecule has 2 aromatic heterocycles. The van der Waals surface area contributed by atoms with Gasteiger partial charge in [0.05, 0.1) is 12.3 Å². The summed E-state index contributed by atoms with van der Waals surface area (Å²) in [5, 5.41) is 12.3. The molecule has 0 radical (unpaired) electrons. The molecule has 0 spiro atoms. The molecule has 1 aromatic carbocycles. The number of anilines is 1. The number of aromatic amines is 1. The second-order valence-corrected chi connectivity index (χ2v) is 8.19. The zero-order chi connectivity index (χ0) is 19.6. The summed E-state index contributed by atoms with van der Waals surface area (Å²) >= 11 is 4.08. The molecule has 2 heterocycles. The Morgan fingerprint density at radius 1 is 1.30 bits per heavy atom. The van der Waals surface area contributed by atoms with Gasteiger partial charge in [0.1, 0.15) is 10.8 Å². The summed E-state index contributed by atoms with van der Waals surface area (Å²) in [6.45, 7) is 6.75. The molecule has 3 aromatic rings. The third-order valence-electron chi connectivity index (χ3n) is 3.99. The number of hydrogen-bond acceptors (Lipinski definition) is 5. The van der Waals surface area contributed by atoms with Crippen molar-refractivity contribution in [1.29, 1.82) is 0 Å². The zero-order valence-electron chi connectivity index (χ0n) is 15.3. The van der Waals surface area contributed by atoms with E-state index >= 15 is 0 Å². The number of aromatic nitrogens is 4. The van der Waals surface area contributed by atoms with Gasteiger partial charge in [-0.15, -0.1) is 10.2 Å². The van der Waals surface area contributed by atoms with Crippen molar-refractivity contribution in [3.63, 3.8) is 0 Å². The Labute approximate surface area is 164 Å². The number of H-pyrrole nitrogens is 1. The summed E-state index contributed by atoms with van der Waals surface area (Å²) in [6, 6.07) is 6.71. The molecule has 0 saturated carbocycles. The van der Waals surface area contributed by atoms with Crippen molar-refractivity contribution in [2.45, 2.75) is 39.0 Å². The van der Waals surface area contributed by atoms with Gasteiger partial charge >= 0.3 is 0 Å². The van der Waals surface area contributed by atoms with E-state index in [2.05, 4.69) is 40.8 Å². The highest BCUT2D eigenvalue weighted by Crippen LogP contribution is 2.31. The van der Waals surface area contributed by atoms with E-state index in [9.17, 15) is 8.76 Å². The van der Waals surface area contributed by atoms with E-state index in [-0.39, 0.29) is 5.41 Å². The number of aryl methyl sites for hydroxylation is 1. The van der Waals surface area contributed by atoms with E-state index in [1.54, 1.807) is 24.3 Å². The van der Waals surface area contributed by atoms with Crippen LogP contribution in [0.4, 0.5) is 5.69 Å². The van der Waals surface area contributed by atoms with E-state index in [1.165, 1.54) is 0 Å². The maximum Gasteiger partial charge on any atom is 0.196 e. The summed E-state index contributed by atoms with van der Waals surface area (Å²) < 4.78 is 31.0. The Hall–Kier alpha value is -2.10. The highest BCUT2D eigenvalue weighted by Gasteiger charge is 2.24. The fraction of sp³-hybridized carbons (Fsp3) is 0.412. The lowest BCUT2D eigenvalue weighted by molar-refractivity contribution is 0.309. The van der Waals surface area contributed by atoms with Gasteiger partial charge in [0.25, 0.3) is 0 Å². The Kier molecular flexibility index (Phi) is 5.73. The quantitative estimate of drug-likeness (QED) is 0.459. The average molecular weight is 411 g/mol. The van der Waals surface area contributed by atoms with Crippen LogP contribution in [-0.2, 0) is 23.1 Å². The lowest BCUT2D eigenvalue weighted by Gasteiger charge is -2.16. The number of benzene rings is 1. The summed E-state index contributed by atoms with van der Waals surface area (Å²) in [4.78, 5) is 0. The summed E-state index contributed by atoms with van der Waals surface area (Å²) in [5.74, 6) is 1.46. The zero-order valence-corrected chi connectivity index (χ0v) is 16.9. The van der Waals surface area contributed by atoms with Crippen LogP contribution in [0.2, 0.25) is 5.02 Å². The van der Waals surface area contributed by atoms with Crippen LogP contribution in [0.3, 0.4) is 0 Å². The normalized spacial score (nSPS) is 13.1. The van der Waals surface area contributed by atoms with Gasteiger partial charge in [0.2, 0.25) is 0 Å². The second-order valence-electron chi connectivity index (χ2n) is 7.14. The molecule has 0 aliphatic heterocycles. The van der Waals surface area contributed by atoms with Gasteiger partial charge in [-0.05, 0) is 30.7 Å². The Morgan fingerprint density at radius 2 is 2.00 bits per heavy atom. The topological polar surface area (TPSA) is 107 Å². The fourth-order valence-corrected chi connectivity index (χ4v) is 3.42. The first-order valence-electron chi connectivity index (χ1n) is 8.46. The van der Waals surface area contributed by atoms with E-state index < -0.39 is 11.3 Å². The molecule has 0 amide bonds. The molecule has 27 heavy (non-hydrogen) atoms. The molecule has 1 unspecified atom stereocenters. The Balaban J connectivity index is 1.57. The monoisotopic (exact) mass is 410 g/mol. The lowest BCUT2D eigenvalue weighted by Crippen LogP contribution is -2.13. The van der Waals surface area contributed by atoms with Crippen LogP contribution >= 0.6 is 11.6 Å². The third kappa shape index (κ3) is 4.60. The smallest absolute Gasteiger partial charge is 0.196 e. The largest absolute Gasteiger partial charge is 0.755 e. The minimum Gasteiger partial charge on any atom is -0.755 e. The molecule has 146 valence electrons. The molecular formula is C17H21ClN5O3S-. The van der Waals surface area contributed by atoms with Crippen LogP contribution < -0.4 is 9.46 Å². The molecule has 1 atom stereocenters. The van der Waals surface area contributed by atoms with Crippen molar-refractivity contribution in [2.75, 3.05) is 11.3 Å². The Morgan fingerprint density at radius 3 is 2.63 bits per heavy atom. The van der Waals surface area contributed by atoms with Gasteiger partial charge in [-0.1, -0.05) is 32.4 Å². The first-order chi connectivity index (χ1) is 12.8. The van der Waals surface area contributed by atoms with Crippen LogP contribution in [0.15, 0.2) is 24.3 Å². The van der Waals surface area contributed by atoms with E-state index in [0.29, 0.717) is 35.1 Å². The number of rotatable bonds is 7. The predicted molar refractivity (Wildman–Crippen MR) is 104 cm³/mol. The number of fused-ring (bicyclic) bond motifs is 1. The maximum absolute atomic E-state index is 10.6. The van der Waals surface area contributed by atoms with Crippen LogP contribution in [0, 0.1) is 0 Å². The average Bonchev–Trinajstić information content (AvgIpc) is 3.13. The van der Waals surface area contributed by atoms with Gasteiger partial charge in [0.15, 0.2) is 11.5 Å². The van der Waals surface area contributed by atoms with Crippen molar-refractivity contribution < 1.29 is 13.5 Å². The summed E-state index contributed by atoms with van der Waals surface area (Å²) in [7, 11) is 0. The third-order valence-corrected chi connectivity index (χ3v) is 4.75. The van der Waals surface area contributed by atoms with Crippen LogP contribution in [-0.4, -0.2) is 35.2 Å². The summed E-state index contributed by atoms with van der Waals surface area (Å²) in [5.41, 5.74) is 1.94. The number of ether oxygens (including phenoxy) is 1. The molecule has 0 bridgehead atoms. The van der Waals surface area contributed by atoms with Gasteiger partial charge in [-0.3, -0.25) is 9.31 Å². The van der Waals surface area contributed by atoms with Crippen LogP contribution in [0.25, 0.3) is 5.65 Å². The van der Waals surface area contributed by atoms with Crippen LogP contribution in [0.5, 0.6) is 5.75 Å². The van der Waals surface area contributed by atoms with E-state index in [0.717, 1.165) is 17.9 Å². The molecule has 10 heteroatoms. The molecule has 3 rings (SSSR count). The predicted octanol–water partition coefficient (Wildman–Crippen LogP) is 3.23. The van der Waals surface area contributed by atoms with Crippen molar-refractivity contribution in [2.24, 2.45) is 0 Å². The number of nitrogens with zero attached hydrogens (tertiary/aromatic N) is 3. The number of halogens is 1. The van der Waals surface area contributed by atoms with Crippen LogP contribution in [0.1, 0.15) is 38.7 Å². The van der Waals surface area contributed by atoms with E-state index in [1.807, 2.05) is 4.52 Å². The lowest BCUT2D eigenvalue weighted by atomic mass is 9.92. The standard InChI is InChI=1S/C17H22ClN5O3S/c1-17(2,3)15-14(18)16-20-19-13(23(16)21-15)5-4-10-26-12-8-6-11(7-9-12)22-27(24)25/h6-9,21-22H,4-5,10H2,1-3H3,(H,24,25)/p-1. The molecule has 0 saturated heterocycles. The first-order valence-corrected chi connectivity index (χ1v) is 9.92. The maximum atomic E-state index is 10.6. The number of nitrogens with one attached hydrogen (secondary N) is 2. The van der Waals surface area contributed by atoms with Crippen molar-refractivity contribution in [1.82, 2.24) is 19.8 Å². The van der Waals surface area contributed by atoms with E-state index in [4.69, 9.17) is 16.3 Å². The van der Waals surface area contributed by atoms with Crippen molar-refractivity contribution in [3.8, 4) is 5.75 Å². The van der Waals surface area contributed by atoms with Gasteiger partial charge in [-0.2, -0.15) is 0 Å². The minimum absolute atomic E-state index is 0.113. The molecule has 0 aliphatic carbocycles. The molecule has 8 nitrogen and oxygen atoms in total. The molecule has 2 N–H and O–H groups in total. The summed E-state index contributed by atoms with van der Waals surface area (Å²) in [6.07, 6.45) is 1.42. The van der Waals surface area contributed by atoms with Crippen molar-refractivity contribution >= 4 is 34.2 Å².